The third-order valence-corrected chi connectivity index (χ3v) is 6.46. The number of hydrogen-bond acceptors (Lipinski definition) is 4. The van der Waals surface area contributed by atoms with Crippen LogP contribution >= 0.6 is 0 Å². The van der Waals surface area contributed by atoms with E-state index in [2.05, 4.69) is 100 Å². The molecule has 2 aromatic heterocycles. The molecule has 4 nitrogen and oxygen atoms in total. The molecule has 0 aliphatic rings. The van der Waals surface area contributed by atoms with E-state index in [0.29, 0.717) is 0 Å². The maximum Gasteiger partial charge on any atom is 0.0584 e. The third-order valence-electron chi connectivity index (χ3n) is 6.46. The largest absolute Gasteiger partial charge is 0.309 e. The third kappa shape index (κ3) is 6.96. The smallest absolute Gasteiger partial charge is 0.0584 e. The van der Waals surface area contributed by atoms with Gasteiger partial charge in [0.1, 0.15) is 0 Å². The van der Waals surface area contributed by atoms with Crippen molar-refractivity contribution < 1.29 is 0 Å². The van der Waals surface area contributed by atoms with E-state index in [0.717, 1.165) is 44.0 Å². The van der Waals surface area contributed by atoms with Crippen LogP contribution in [0.25, 0.3) is 0 Å². The molecule has 3 aromatic rings. The van der Waals surface area contributed by atoms with Crippen molar-refractivity contribution in [3.63, 3.8) is 0 Å². The van der Waals surface area contributed by atoms with Gasteiger partial charge in [0.15, 0.2) is 0 Å². The zero-order valence-corrected chi connectivity index (χ0v) is 21.3. The molecule has 0 aliphatic carbocycles. The standard InChI is InChI=1S/C29H40N4/c1-23-19-24(2)27(31-20-23)21-33(18-11-10-17-32(5)6)22-28-26(15-12-16-30-28)29(3,4)25-13-8-7-9-14-25/h7-9,12-16,19-20H,10-11,17-18,21-22H2,1-6H3. The van der Waals surface area contributed by atoms with Crippen molar-refractivity contribution in [3.8, 4) is 0 Å². The van der Waals surface area contributed by atoms with Crippen LogP contribution in [-0.2, 0) is 18.5 Å². The minimum Gasteiger partial charge on any atom is -0.309 e. The van der Waals surface area contributed by atoms with Crippen molar-refractivity contribution in [3.05, 3.63) is 94.6 Å². The molecule has 4 heteroatoms. The first-order chi connectivity index (χ1) is 15.8. The summed E-state index contributed by atoms with van der Waals surface area (Å²) in [6, 6.07) is 17.3. The number of aromatic nitrogens is 2. The molecule has 3 rings (SSSR count). The molecule has 1 aromatic carbocycles. The van der Waals surface area contributed by atoms with Crippen LogP contribution in [0, 0.1) is 13.8 Å². The van der Waals surface area contributed by atoms with E-state index in [-0.39, 0.29) is 5.41 Å². The molecule has 0 fully saturated rings. The van der Waals surface area contributed by atoms with Gasteiger partial charge in [-0.05, 0) is 82.2 Å². The topological polar surface area (TPSA) is 32.3 Å². The van der Waals surface area contributed by atoms with Crippen LogP contribution in [-0.4, -0.2) is 47.0 Å². The van der Waals surface area contributed by atoms with E-state index in [1.54, 1.807) is 0 Å². The van der Waals surface area contributed by atoms with Gasteiger partial charge in [-0.1, -0.05) is 56.3 Å². The van der Waals surface area contributed by atoms with Gasteiger partial charge in [0.05, 0.1) is 11.4 Å². The predicted octanol–water partition coefficient (Wildman–Crippen LogP) is 5.76. The first-order valence-electron chi connectivity index (χ1n) is 12.1. The molecule has 0 spiro atoms. The summed E-state index contributed by atoms with van der Waals surface area (Å²) in [6.45, 7) is 12.7. The molecule has 0 saturated heterocycles. The normalized spacial score (nSPS) is 12.0. The molecule has 0 aliphatic heterocycles. The number of benzene rings is 1. The molecular weight excluding hydrogens is 404 g/mol. The van der Waals surface area contributed by atoms with Crippen LogP contribution in [0.5, 0.6) is 0 Å². The minimum atomic E-state index is -0.112. The summed E-state index contributed by atoms with van der Waals surface area (Å²) in [4.78, 5) is 14.4. The Morgan fingerprint density at radius 2 is 1.52 bits per heavy atom. The summed E-state index contributed by atoms with van der Waals surface area (Å²) in [5.41, 5.74) is 7.29. The van der Waals surface area contributed by atoms with Gasteiger partial charge in [-0.3, -0.25) is 14.9 Å². The summed E-state index contributed by atoms with van der Waals surface area (Å²) >= 11 is 0. The Labute approximate surface area is 200 Å². The lowest BCUT2D eigenvalue weighted by molar-refractivity contribution is 0.238. The molecule has 0 saturated carbocycles. The van der Waals surface area contributed by atoms with E-state index in [9.17, 15) is 0 Å². The van der Waals surface area contributed by atoms with Crippen molar-refractivity contribution in [1.82, 2.24) is 19.8 Å². The van der Waals surface area contributed by atoms with Crippen LogP contribution in [0.3, 0.4) is 0 Å². The maximum absolute atomic E-state index is 4.87. The van der Waals surface area contributed by atoms with Crippen molar-refractivity contribution in [2.45, 2.75) is 59.0 Å². The molecule has 176 valence electrons. The van der Waals surface area contributed by atoms with Gasteiger partial charge in [0.25, 0.3) is 0 Å². The summed E-state index contributed by atoms with van der Waals surface area (Å²) in [6.07, 6.45) is 6.26. The fourth-order valence-electron chi connectivity index (χ4n) is 4.45. The highest BCUT2D eigenvalue weighted by Gasteiger charge is 2.27. The number of hydrogen-bond donors (Lipinski definition) is 0. The van der Waals surface area contributed by atoms with Crippen LogP contribution in [0.2, 0.25) is 0 Å². The Bertz CT molecular complexity index is 1010. The lowest BCUT2D eigenvalue weighted by Gasteiger charge is -2.30. The number of aryl methyl sites for hydroxylation is 2. The van der Waals surface area contributed by atoms with Crippen LogP contribution in [0.4, 0.5) is 0 Å². The molecule has 0 unspecified atom stereocenters. The van der Waals surface area contributed by atoms with E-state index in [4.69, 9.17) is 9.97 Å². The summed E-state index contributed by atoms with van der Waals surface area (Å²) in [5.74, 6) is 0. The fourth-order valence-corrected chi connectivity index (χ4v) is 4.45. The van der Waals surface area contributed by atoms with Gasteiger partial charge >= 0.3 is 0 Å². The van der Waals surface area contributed by atoms with Crippen molar-refractivity contribution in [2.24, 2.45) is 0 Å². The second kappa shape index (κ2) is 11.5. The number of unbranched alkanes of at least 4 members (excludes halogenated alkanes) is 1. The summed E-state index contributed by atoms with van der Waals surface area (Å²) in [7, 11) is 4.28. The number of nitrogens with zero attached hydrogens (tertiary/aromatic N) is 4. The second-order valence-electron chi connectivity index (χ2n) is 9.99. The van der Waals surface area contributed by atoms with Crippen LogP contribution < -0.4 is 0 Å². The minimum absolute atomic E-state index is 0.112. The molecule has 2 heterocycles. The van der Waals surface area contributed by atoms with Crippen LogP contribution in [0.15, 0.2) is 60.9 Å². The number of pyridine rings is 2. The van der Waals surface area contributed by atoms with Gasteiger partial charge in [-0.15, -0.1) is 0 Å². The van der Waals surface area contributed by atoms with E-state index < -0.39 is 0 Å². The van der Waals surface area contributed by atoms with Gasteiger partial charge in [-0.2, -0.15) is 0 Å². The second-order valence-corrected chi connectivity index (χ2v) is 9.99. The first kappa shape index (κ1) is 25.1. The van der Waals surface area contributed by atoms with Crippen molar-refractivity contribution in [2.75, 3.05) is 27.2 Å². The Balaban J connectivity index is 1.86. The van der Waals surface area contributed by atoms with E-state index in [1.807, 2.05) is 12.4 Å². The molecule has 33 heavy (non-hydrogen) atoms. The average Bonchev–Trinajstić information content (AvgIpc) is 2.79. The van der Waals surface area contributed by atoms with Crippen molar-refractivity contribution in [1.29, 1.82) is 0 Å². The van der Waals surface area contributed by atoms with E-state index >= 15 is 0 Å². The highest BCUT2D eigenvalue weighted by atomic mass is 15.1. The number of rotatable bonds is 11. The Morgan fingerprint density at radius 3 is 2.21 bits per heavy atom. The van der Waals surface area contributed by atoms with Crippen LogP contribution in [0.1, 0.15) is 60.3 Å². The fraction of sp³-hybridized carbons (Fsp3) is 0.448. The molecule has 0 radical (unpaired) electrons. The summed E-state index contributed by atoms with van der Waals surface area (Å²) < 4.78 is 0. The van der Waals surface area contributed by atoms with Gasteiger partial charge in [0, 0.05) is 30.9 Å². The lowest BCUT2D eigenvalue weighted by atomic mass is 9.77. The molecular formula is C29H40N4. The average molecular weight is 445 g/mol. The highest BCUT2D eigenvalue weighted by Crippen LogP contribution is 2.33. The van der Waals surface area contributed by atoms with E-state index in [1.165, 1.54) is 28.7 Å². The first-order valence-corrected chi connectivity index (χ1v) is 12.1. The van der Waals surface area contributed by atoms with Gasteiger partial charge in [-0.25, -0.2) is 0 Å². The van der Waals surface area contributed by atoms with Gasteiger partial charge in [0.2, 0.25) is 0 Å². The Morgan fingerprint density at radius 1 is 0.818 bits per heavy atom. The Hall–Kier alpha value is -2.56. The SMILES string of the molecule is Cc1cnc(CN(CCCCN(C)C)Cc2ncccc2C(C)(C)c2ccccc2)c(C)c1. The Kier molecular flexibility index (Phi) is 8.76. The monoisotopic (exact) mass is 444 g/mol. The molecule has 0 atom stereocenters. The molecule has 0 N–H and O–H groups in total. The highest BCUT2D eigenvalue weighted by molar-refractivity contribution is 5.39. The molecule has 0 bridgehead atoms. The summed E-state index contributed by atoms with van der Waals surface area (Å²) in [5, 5.41) is 0. The van der Waals surface area contributed by atoms with Gasteiger partial charge < -0.3 is 4.90 Å². The predicted molar refractivity (Wildman–Crippen MR) is 138 cm³/mol. The zero-order chi connectivity index (χ0) is 23.8. The zero-order valence-electron chi connectivity index (χ0n) is 21.3. The maximum atomic E-state index is 4.87. The molecule has 0 amide bonds. The van der Waals surface area contributed by atoms with Crippen molar-refractivity contribution >= 4 is 0 Å². The quantitative estimate of drug-likeness (QED) is 0.352. The lowest BCUT2D eigenvalue weighted by Crippen LogP contribution is -2.29.